The van der Waals surface area contributed by atoms with E-state index in [9.17, 15) is 9.59 Å². The highest BCUT2D eigenvalue weighted by Gasteiger charge is 2.20. The third-order valence-corrected chi connectivity index (χ3v) is 3.04. The first-order valence-electron chi connectivity index (χ1n) is 6.22. The van der Waals surface area contributed by atoms with Crippen molar-refractivity contribution in [3.63, 3.8) is 0 Å². The van der Waals surface area contributed by atoms with E-state index in [0.717, 1.165) is 12.8 Å². The van der Waals surface area contributed by atoms with Gasteiger partial charge in [0.1, 0.15) is 6.04 Å². The molecule has 0 spiro atoms. The minimum Gasteiger partial charge on any atom is -0.480 e. The molecule has 0 aromatic heterocycles. The van der Waals surface area contributed by atoms with Gasteiger partial charge in [-0.2, -0.15) is 0 Å². The standard InChI is InChI=1S/C12H24N2O3/c1-5-7-10(11(15)16)14-12(17)13-9(4)8(3)6-2/h8-10H,5-7H2,1-4H3,(H,15,16)(H2,13,14,17). The molecule has 3 N–H and O–H groups in total. The minimum atomic E-state index is -0.988. The fraction of sp³-hybridized carbons (Fsp3) is 0.833. The van der Waals surface area contributed by atoms with E-state index < -0.39 is 18.0 Å². The lowest BCUT2D eigenvalue weighted by atomic mass is 10.0. The summed E-state index contributed by atoms with van der Waals surface area (Å²) in [5.74, 6) is -0.617. The van der Waals surface area contributed by atoms with Crippen molar-refractivity contribution < 1.29 is 14.7 Å². The van der Waals surface area contributed by atoms with Crippen LogP contribution < -0.4 is 10.6 Å². The Morgan fingerprint density at radius 3 is 2.18 bits per heavy atom. The lowest BCUT2D eigenvalue weighted by molar-refractivity contribution is -0.139. The molecule has 0 radical (unpaired) electrons. The maximum atomic E-state index is 11.6. The number of carbonyl (C=O) groups is 2. The second-order valence-electron chi connectivity index (χ2n) is 4.47. The molecule has 0 heterocycles. The molecular weight excluding hydrogens is 220 g/mol. The third kappa shape index (κ3) is 6.14. The summed E-state index contributed by atoms with van der Waals surface area (Å²) in [6.45, 7) is 7.91. The van der Waals surface area contributed by atoms with Gasteiger partial charge in [-0.05, 0) is 19.3 Å². The molecule has 0 saturated carbocycles. The van der Waals surface area contributed by atoms with Crippen LogP contribution in [-0.4, -0.2) is 29.2 Å². The van der Waals surface area contributed by atoms with Crippen molar-refractivity contribution in [1.29, 1.82) is 0 Å². The summed E-state index contributed by atoms with van der Waals surface area (Å²) in [6, 6.07) is -1.17. The average Bonchev–Trinajstić information content (AvgIpc) is 2.26. The van der Waals surface area contributed by atoms with Crippen molar-refractivity contribution in [1.82, 2.24) is 10.6 Å². The predicted molar refractivity (Wildman–Crippen MR) is 66.9 cm³/mol. The number of urea groups is 1. The molecule has 0 rings (SSSR count). The summed E-state index contributed by atoms with van der Waals surface area (Å²) in [7, 11) is 0. The van der Waals surface area contributed by atoms with Crippen LogP contribution in [0.4, 0.5) is 4.79 Å². The zero-order chi connectivity index (χ0) is 13.4. The molecule has 100 valence electrons. The summed E-state index contributed by atoms with van der Waals surface area (Å²) in [5.41, 5.74) is 0. The number of aliphatic carboxylic acids is 1. The Kier molecular flexibility index (Phi) is 7.34. The van der Waals surface area contributed by atoms with Crippen LogP contribution in [0.5, 0.6) is 0 Å². The molecule has 0 saturated heterocycles. The maximum absolute atomic E-state index is 11.6. The summed E-state index contributed by atoms with van der Waals surface area (Å²) >= 11 is 0. The maximum Gasteiger partial charge on any atom is 0.326 e. The second kappa shape index (κ2) is 7.92. The van der Waals surface area contributed by atoms with Crippen LogP contribution in [0.2, 0.25) is 0 Å². The van der Waals surface area contributed by atoms with E-state index in [0.29, 0.717) is 12.3 Å². The fourth-order valence-electron chi connectivity index (χ4n) is 1.45. The van der Waals surface area contributed by atoms with Crippen LogP contribution in [0.3, 0.4) is 0 Å². The quantitative estimate of drug-likeness (QED) is 0.640. The smallest absolute Gasteiger partial charge is 0.326 e. The molecule has 3 unspecified atom stereocenters. The molecule has 5 heteroatoms. The molecule has 0 aliphatic carbocycles. The Labute approximate surface area is 103 Å². The van der Waals surface area contributed by atoms with Crippen molar-refractivity contribution in [3.8, 4) is 0 Å². The highest BCUT2D eigenvalue weighted by Crippen LogP contribution is 2.06. The number of carbonyl (C=O) groups excluding carboxylic acids is 1. The van der Waals surface area contributed by atoms with Gasteiger partial charge in [0, 0.05) is 6.04 Å². The molecule has 0 aromatic rings. The first-order chi connectivity index (χ1) is 7.92. The number of carboxylic acid groups (broad SMARTS) is 1. The Bertz CT molecular complexity index is 256. The van der Waals surface area contributed by atoms with E-state index in [1.165, 1.54) is 0 Å². The highest BCUT2D eigenvalue weighted by atomic mass is 16.4. The van der Waals surface area contributed by atoms with E-state index in [1.807, 2.05) is 20.8 Å². The zero-order valence-corrected chi connectivity index (χ0v) is 11.1. The van der Waals surface area contributed by atoms with Crippen LogP contribution >= 0.6 is 0 Å². The Balaban J connectivity index is 4.18. The average molecular weight is 244 g/mol. The molecule has 0 aromatic carbocycles. The van der Waals surface area contributed by atoms with Crippen molar-refractivity contribution in [3.05, 3.63) is 0 Å². The largest absolute Gasteiger partial charge is 0.480 e. The number of hydrogen-bond acceptors (Lipinski definition) is 2. The van der Waals surface area contributed by atoms with Gasteiger partial charge in [0.05, 0.1) is 0 Å². The monoisotopic (exact) mass is 244 g/mol. The molecule has 0 aliphatic heterocycles. The number of rotatable bonds is 7. The molecule has 17 heavy (non-hydrogen) atoms. The SMILES string of the molecule is CCCC(NC(=O)NC(C)C(C)CC)C(=O)O. The van der Waals surface area contributed by atoms with Crippen molar-refractivity contribution in [2.24, 2.45) is 5.92 Å². The highest BCUT2D eigenvalue weighted by molar-refractivity contribution is 5.82. The van der Waals surface area contributed by atoms with Gasteiger partial charge in [-0.1, -0.05) is 33.6 Å². The topological polar surface area (TPSA) is 78.4 Å². The molecule has 0 aliphatic rings. The van der Waals surface area contributed by atoms with E-state index in [4.69, 9.17) is 5.11 Å². The fourth-order valence-corrected chi connectivity index (χ4v) is 1.45. The lowest BCUT2D eigenvalue weighted by Crippen LogP contribution is -2.49. The number of carboxylic acids is 1. The molecule has 0 bridgehead atoms. The zero-order valence-electron chi connectivity index (χ0n) is 11.1. The van der Waals surface area contributed by atoms with Crippen molar-refractivity contribution >= 4 is 12.0 Å². The van der Waals surface area contributed by atoms with Crippen LogP contribution in [0.1, 0.15) is 47.0 Å². The van der Waals surface area contributed by atoms with Gasteiger partial charge in [0.15, 0.2) is 0 Å². The minimum absolute atomic E-state index is 0.0380. The Hall–Kier alpha value is -1.26. The Morgan fingerprint density at radius 2 is 1.76 bits per heavy atom. The molecular formula is C12H24N2O3. The van der Waals surface area contributed by atoms with Crippen molar-refractivity contribution in [2.45, 2.75) is 59.0 Å². The van der Waals surface area contributed by atoms with Gasteiger partial charge in [-0.3, -0.25) is 0 Å². The van der Waals surface area contributed by atoms with Gasteiger partial charge < -0.3 is 15.7 Å². The first-order valence-corrected chi connectivity index (χ1v) is 6.22. The van der Waals surface area contributed by atoms with Crippen LogP contribution in [0, 0.1) is 5.92 Å². The van der Waals surface area contributed by atoms with Gasteiger partial charge in [-0.15, -0.1) is 0 Å². The summed E-state index contributed by atoms with van der Waals surface area (Å²) in [5, 5.41) is 14.1. The summed E-state index contributed by atoms with van der Waals surface area (Å²) in [6.07, 6.45) is 2.14. The first kappa shape index (κ1) is 15.7. The van der Waals surface area contributed by atoms with Gasteiger partial charge in [-0.25, -0.2) is 9.59 Å². The van der Waals surface area contributed by atoms with E-state index in [1.54, 1.807) is 0 Å². The van der Waals surface area contributed by atoms with E-state index in [-0.39, 0.29) is 6.04 Å². The summed E-state index contributed by atoms with van der Waals surface area (Å²) < 4.78 is 0. The van der Waals surface area contributed by atoms with E-state index >= 15 is 0 Å². The number of hydrogen-bond donors (Lipinski definition) is 3. The van der Waals surface area contributed by atoms with E-state index in [2.05, 4.69) is 17.6 Å². The predicted octanol–water partition coefficient (Wildman–Crippen LogP) is 1.97. The third-order valence-electron chi connectivity index (χ3n) is 3.04. The van der Waals surface area contributed by atoms with Gasteiger partial charge in [0.2, 0.25) is 0 Å². The molecule has 3 atom stereocenters. The molecule has 5 nitrogen and oxygen atoms in total. The van der Waals surface area contributed by atoms with Crippen LogP contribution in [0.25, 0.3) is 0 Å². The molecule has 0 fully saturated rings. The van der Waals surface area contributed by atoms with Crippen LogP contribution in [0.15, 0.2) is 0 Å². The Morgan fingerprint density at radius 1 is 1.18 bits per heavy atom. The lowest BCUT2D eigenvalue weighted by Gasteiger charge is -2.21. The van der Waals surface area contributed by atoms with Crippen molar-refractivity contribution in [2.75, 3.05) is 0 Å². The van der Waals surface area contributed by atoms with Gasteiger partial charge in [0.25, 0.3) is 0 Å². The number of amides is 2. The van der Waals surface area contributed by atoms with Crippen LogP contribution in [-0.2, 0) is 4.79 Å². The second-order valence-corrected chi connectivity index (χ2v) is 4.47. The normalized spacial score (nSPS) is 15.8. The molecule has 2 amide bonds. The van der Waals surface area contributed by atoms with Gasteiger partial charge >= 0.3 is 12.0 Å². The number of nitrogens with one attached hydrogen (secondary N) is 2. The summed E-state index contributed by atoms with van der Waals surface area (Å²) in [4.78, 5) is 22.4.